The van der Waals surface area contributed by atoms with Crippen LogP contribution in [0.15, 0.2) is 48.5 Å². The van der Waals surface area contributed by atoms with E-state index in [0.29, 0.717) is 11.8 Å². The van der Waals surface area contributed by atoms with Crippen LogP contribution in [0.5, 0.6) is 5.75 Å². The molecule has 1 heterocycles. The van der Waals surface area contributed by atoms with Crippen molar-refractivity contribution in [3.05, 3.63) is 65.2 Å². The van der Waals surface area contributed by atoms with Gasteiger partial charge in [-0.1, -0.05) is 36.4 Å². The average Bonchev–Trinajstić information content (AvgIpc) is 2.42. The van der Waals surface area contributed by atoms with Gasteiger partial charge in [-0.3, -0.25) is 0 Å². The Kier molecular flexibility index (Phi) is 4.61. The van der Waals surface area contributed by atoms with E-state index >= 15 is 0 Å². The van der Waals surface area contributed by atoms with Gasteiger partial charge in [0, 0.05) is 6.04 Å². The molecule has 1 unspecified atom stereocenters. The molecule has 0 radical (unpaired) electrons. The van der Waals surface area contributed by atoms with Gasteiger partial charge >= 0.3 is 0 Å². The van der Waals surface area contributed by atoms with Gasteiger partial charge in [0.15, 0.2) is 0 Å². The normalized spacial score (nSPS) is 17.4. The molecular formula is C16H18BrNO. The molecule has 1 aliphatic heterocycles. The molecule has 0 saturated heterocycles. The lowest BCUT2D eigenvalue weighted by atomic mass is 9.90. The predicted octanol–water partition coefficient (Wildman–Crippen LogP) is 3.40. The number of phenols is 1. The highest BCUT2D eigenvalue weighted by Gasteiger charge is 2.18. The van der Waals surface area contributed by atoms with E-state index in [0.717, 1.165) is 19.4 Å². The zero-order valence-electron chi connectivity index (χ0n) is 10.7. The van der Waals surface area contributed by atoms with Crippen LogP contribution in [0.3, 0.4) is 0 Å². The number of rotatable bonds is 2. The topological polar surface area (TPSA) is 32.3 Å². The Morgan fingerprint density at radius 3 is 2.58 bits per heavy atom. The maximum atomic E-state index is 9.30. The highest BCUT2D eigenvalue weighted by Crippen LogP contribution is 2.26. The fraction of sp³-hybridized carbons (Fsp3) is 0.250. The van der Waals surface area contributed by atoms with E-state index in [1.165, 1.54) is 16.7 Å². The minimum Gasteiger partial charge on any atom is -0.508 e. The molecule has 2 aromatic rings. The van der Waals surface area contributed by atoms with Crippen LogP contribution < -0.4 is 5.32 Å². The lowest BCUT2D eigenvalue weighted by molar-refractivity contribution is 0.474. The summed E-state index contributed by atoms with van der Waals surface area (Å²) >= 11 is 0. The Bertz CT molecular complexity index is 539. The third-order valence-electron chi connectivity index (χ3n) is 3.59. The van der Waals surface area contributed by atoms with Crippen molar-refractivity contribution in [2.75, 3.05) is 6.54 Å². The largest absolute Gasteiger partial charge is 0.508 e. The fourth-order valence-corrected chi connectivity index (χ4v) is 2.64. The molecule has 0 amide bonds. The summed E-state index contributed by atoms with van der Waals surface area (Å²) < 4.78 is 0. The number of halogens is 1. The fourth-order valence-electron chi connectivity index (χ4n) is 2.64. The summed E-state index contributed by atoms with van der Waals surface area (Å²) in [7, 11) is 0. The molecule has 0 spiro atoms. The highest BCUT2D eigenvalue weighted by atomic mass is 79.9. The summed E-state index contributed by atoms with van der Waals surface area (Å²) in [6.45, 7) is 1.04. The molecule has 3 heteroatoms. The highest BCUT2D eigenvalue weighted by molar-refractivity contribution is 8.93. The molecule has 2 nitrogen and oxygen atoms in total. The smallest absolute Gasteiger partial charge is 0.115 e. The molecule has 3 rings (SSSR count). The van der Waals surface area contributed by atoms with Crippen LogP contribution in [-0.2, 0) is 12.8 Å². The molecule has 1 aliphatic rings. The monoisotopic (exact) mass is 319 g/mol. The molecular weight excluding hydrogens is 302 g/mol. The molecule has 0 fully saturated rings. The number of nitrogens with one attached hydrogen (secondary N) is 1. The van der Waals surface area contributed by atoms with E-state index in [1.54, 1.807) is 12.1 Å². The number of hydrogen-bond donors (Lipinski definition) is 2. The van der Waals surface area contributed by atoms with Crippen molar-refractivity contribution in [2.24, 2.45) is 0 Å². The Balaban J connectivity index is 0.00000133. The Labute approximate surface area is 124 Å². The molecule has 0 bridgehead atoms. The number of aromatic hydroxyl groups is 1. The number of phenolic OH excluding ortho intramolecular Hbond substituents is 1. The minimum atomic E-state index is 0. The van der Waals surface area contributed by atoms with Gasteiger partial charge in [0.1, 0.15) is 5.75 Å². The van der Waals surface area contributed by atoms with Gasteiger partial charge in [-0.05, 0) is 48.2 Å². The average molecular weight is 320 g/mol. The Hall–Kier alpha value is -1.32. The molecule has 1 atom stereocenters. The second-order valence-electron chi connectivity index (χ2n) is 4.83. The molecule has 19 heavy (non-hydrogen) atoms. The van der Waals surface area contributed by atoms with Gasteiger partial charge in [0.2, 0.25) is 0 Å². The third-order valence-corrected chi connectivity index (χ3v) is 3.59. The first kappa shape index (κ1) is 14.1. The van der Waals surface area contributed by atoms with Gasteiger partial charge in [0.05, 0.1) is 0 Å². The lowest BCUT2D eigenvalue weighted by Gasteiger charge is -2.27. The summed E-state index contributed by atoms with van der Waals surface area (Å²) in [5.41, 5.74) is 4.12. The standard InChI is InChI=1S/C16H17NO.BrH/c18-14-7-5-12(6-8-14)11-16-15-4-2-1-3-13(15)9-10-17-16;/h1-8,16-18H,9-11H2;1H. The Morgan fingerprint density at radius 2 is 1.79 bits per heavy atom. The Morgan fingerprint density at radius 1 is 1.05 bits per heavy atom. The molecule has 2 N–H and O–H groups in total. The second kappa shape index (κ2) is 6.22. The van der Waals surface area contributed by atoms with Crippen molar-refractivity contribution in [1.29, 1.82) is 0 Å². The van der Waals surface area contributed by atoms with E-state index in [9.17, 15) is 5.11 Å². The summed E-state index contributed by atoms with van der Waals surface area (Å²) in [6, 6.07) is 16.5. The van der Waals surface area contributed by atoms with Crippen molar-refractivity contribution < 1.29 is 5.11 Å². The van der Waals surface area contributed by atoms with Gasteiger partial charge in [-0.25, -0.2) is 0 Å². The second-order valence-corrected chi connectivity index (χ2v) is 4.83. The maximum Gasteiger partial charge on any atom is 0.115 e. The van der Waals surface area contributed by atoms with E-state index in [1.807, 2.05) is 12.1 Å². The maximum absolute atomic E-state index is 9.30. The zero-order valence-corrected chi connectivity index (χ0v) is 12.4. The number of hydrogen-bond acceptors (Lipinski definition) is 2. The van der Waals surface area contributed by atoms with Gasteiger partial charge in [0.25, 0.3) is 0 Å². The van der Waals surface area contributed by atoms with Gasteiger partial charge in [-0.15, -0.1) is 17.0 Å². The van der Waals surface area contributed by atoms with Crippen LogP contribution in [0.2, 0.25) is 0 Å². The summed E-state index contributed by atoms with van der Waals surface area (Å²) in [5.74, 6) is 0.329. The third kappa shape index (κ3) is 3.17. The molecule has 0 aliphatic carbocycles. The molecule has 2 aromatic carbocycles. The summed E-state index contributed by atoms with van der Waals surface area (Å²) in [6.07, 6.45) is 2.08. The summed E-state index contributed by atoms with van der Waals surface area (Å²) in [5, 5.41) is 12.9. The van der Waals surface area contributed by atoms with Crippen molar-refractivity contribution in [3.8, 4) is 5.75 Å². The van der Waals surface area contributed by atoms with Crippen molar-refractivity contribution in [2.45, 2.75) is 18.9 Å². The first-order valence-corrected chi connectivity index (χ1v) is 6.42. The van der Waals surface area contributed by atoms with Crippen molar-refractivity contribution >= 4 is 17.0 Å². The van der Waals surface area contributed by atoms with Crippen molar-refractivity contribution in [1.82, 2.24) is 5.32 Å². The van der Waals surface area contributed by atoms with E-state index < -0.39 is 0 Å². The van der Waals surface area contributed by atoms with Gasteiger partial charge in [-0.2, -0.15) is 0 Å². The lowest BCUT2D eigenvalue weighted by Crippen LogP contribution is -2.31. The van der Waals surface area contributed by atoms with Crippen LogP contribution >= 0.6 is 17.0 Å². The van der Waals surface area contributed by atoms with Crippen LogP contribution in [0, 0.1) is 0 Å². The van der Waals surface area contributed by atoms with E-state index in [4.69, 9.17) is 0 Å². The predicted molar refractivity (Wildman–Crippen MR) is 83.0 cm³/mol. The quantitative estimate of drug-likeness (QED) is 0.889. The van der Waals surface area contributed by atoms with Crippen molar-refractivity contribution in [3.63, 3.8) is 0 Å². The van der Waals surface area contributed by atoms with Gasteiger partial charge < -0.3 is 10.4 Å². The van der Waals surface area contributed by atoms with Crippen LogP contribution in [0.25, 0.3) is 0 Å². The first-order valence-electron chi connectivity index (χ1n) is 6.42. The van der Waals surface area contributed by atoms with Crippen LogP contribution in [-0.4, -0.2) is 11.7 Å². The summed E-state index contributed by atoms with van der Waals surface area (Å²) in [4.78, 5) is 0. The van der Waals surface area contributed by atoms with E-state index in [2.05, 4.69) is 29.6 Å². The minimum absolute atomic E-state index is 0. The molecule has 0 aromatic heterocycles. The SMILES string of the molecule is Br.Oc1ccc(CC2NCCc3ccccc32)cc1. The first-order chi connectivity index (χ1) is 8.83. The molecule has 100 valence electrons. The van der Waals surface area contributed by atoms with Crippen LogP contribution in [0.4, 0.5) is 0 Å². The van der Waals surface area contributed by atoms with E-state index in [-0.39, 0.29) is 17.0 Å². The van der Waals surface area contributed by atoms with Crippen LogP contribution in [0.1, 0.15) is 22.7 Å². The molecule has 0 saturated carbocycles. The number of benzene rings is 2. The zero-order chi connectivity index (χ0) is 12.4. The number of fused-ring (bicyclic) bond motifs is 1.